The van der Waals surface area contributed by atoms with E-state index in [4.69, 9.17) is 10.7 Å². The van der Waals surface area contributed by atoms with E-state index in [2.05, 4.69) is 0 Å². The third-order valence-electron chi connectivity index (χ3n) is 7.76. The van der Waals surface area contributed by atoms with Crippen LogP contribution in [0.15, 0.2) is 35.3 Å². The fourth-order valence-corrected chi connectivity index (χ4v) is 5.89. The first-order valence-electron chi connectivity index (χ1n) is 12.4. The number of amides is 2. The van der Waals surface area contributed by atoms with E-state index in [0.29, 0.717) is 31.3 Å². The van der Waals surface area contributed by atoms with Gasteiger partial charge in [0.05, 0.1) is 6.42 Å². The van der Waals surface area contributed by atoms with Gasteiger partial charge in [-0.2, -0.15) is 0 Å². The molecule has 2 aliphatic heterocycles. The zero-order valence-electron chi connectivity index (χ0n) is 19.5. The van der Waals surface area contributed by atoms with E-state index in [1.54, 1.807) is 7.05 Å². The quantitative estimate of drug-likeness (QED) is 0.704. The van der Waals surface area contributed by atoms with Crippen LogP contribution < -0.4 is 5.73 Å². The van der Waals surface area contributed by atoms with Crippen molar-refractivity contribution < 1.29 is 9.59 Å². The van der Waals surface area contributed by atoms with E-state index in [1.165, 1.54) is 37.0 Å². The number of benzene rings is 1. The Labute approximate surface area is 192 Å². The number of aliphatic imine (C=N–C) groups is 1. The van der Waals surface area contributed by atoms with Crippen LogP contribution in [0.3, 0.4) is 0 Å². The van der Waals surface area contributed by atoms with Crippen molar-refractivity contribution in [3.05, 3.63) is 35.9 Å². The highest BCUT2D eigenvalue weighted by atomic mass is 16.2. The first-order chi connectivity index (χ1) is 15.5. The van der Waals surface area contributed by atoms with Crippen LogP contribution >= 0.6 is 0 Å². The summed E-state index contributed by atoms with van der Waals surface area (Å²) in [5.74, 6) is 1.54. The van der Waals surface area contributed by atoms with E-state index in [1.807, 2.05) is 35.2 Å². The molecule has 2 N–H and O–H groups in total. The number of likely N-dealkylation sites (N-methyl/N-ethyl adjacent to an activating group) is 1. The zero-order valence-corrected chi connectivity index (χ0v) is 19.5. The smallest absolute Gasteiger partial charge is 0.257 e. The van der Waals surface area contributed by atoms with Gasteiger partial charge < -0.3 is 10.6 Å². The average molecular weight is 439 g/mol. The zero-order chi connectivity index (χ0) is 22.6. The topological polar surface area (TPSA) is 79.0 Å². The maximum absolute atomic E-state index is 13.3. The van der Waals surface area contributed by atoms with Gasteiger partial charge in [0.1, 0.15) is 5.54 Å². The lowest BCUT2D eigenvalue weighted by Gasteiger charge is -2.37. The SMILES string of the molecule is CN1C(=O)[C@](CCC2CCCCC2)(C[C@H]2CCCN(C(=O)Cc3ccccc3)C2)N=C1N. The lowest BCUT2D eigenvalue weighted by molar-refractivity contribution is -0.133. The molecule has 4 rings (SSSR count). The van der Waals surface area contributed by atoms with Crippen molar-refractivity contribution in [1.82, 2.24) is 9.80 Å². The van der Waals surface area contributed by atoms with Gasteiger partial charge in [0, 0.05) is 20.1 Å². The Hall–Kier alpha value is -2.37. The van der Waals surface area contributed by atoms with E-state index >= 15 is 0 Å². The fourth-order valence-electron chi connectivity index (χ4n) is 5.89. The Morgan fingerprint density at radius 2 is 1.81 bits per heavy atom. The van der Waals surface area contributed by atoms with Gasteiger partial charge in [0.15, 0.2) is 5.96 Å². The third kappa shape index (κ3) is 5.16. The second-order valence-electron chi connectivity index (χ2n) is 10.1. The van der Waals surface area contributed by atoms with Crippen molar-refractivity contribution in [2.24, 2.45) is 22.6 Å². The number of nitrogens with zero attached hydrogens (tertiary/aromatic N) is 3. The molecule has 6 nitrogen and oxygen atoms in total. The number of nitrogens with two attached hydrogens (primary N) is 1. The normalized spacial score (nSPS) is 27.0. The minimum absolute atomic E-state index is 0.0403. The Bertz CT molecular complexity index is 833. The van der Waals surface area contributed by atoms with Crippen molar-refractivity contribution in [1.29, 1.82) is 0 Å². The minimum Gasteiger partial charge on any atom is -0.369 e. The third-order valence-corrected chi connectivity index (χ3v) is 7.76. The molecule has 2 fully saturated rings. The molecule has 32 heavy (non-hydrogen) atoms. The van der Waals surface area contributed by atoms with E-state index < -0.39 is 5.54 Å². The number of piperidine rings is 1. The highest BCUT2D eigenvalue weighted by Crippen LogP contribution is 2.39. The largest absolute Gasteiger partial charge is 0.369 e. The Balaban J connectivity index is 1.42. The second-order valence-corrected chi connectivity index (χ2v) is 10.1. The maximum atomic E-state index is 13.3. The van der Waals surface area contributed by atoms with Crippen LogP contribution in [0.4, 0.5) is 0 Å². The highest BCUT2D eigenvalue weighted by molar-refractivity contribution is 6.06. The first-order valence-corrected chi connectivity index (χ1v) is 12.4. The summed E-state index contributed by atoms with van der Waals surface area (Å²) >= 11 is 0. The lowest BCUT2D eigenvalue weighted by atomic mass is 9.77. The Kier molecular flexibility index (Phi) is 7.17. The summed E-state index contributed by atoms with van der Waals surface area (Å²) in [7, 11) is 1.74. The monoisotopic (exact) mass is 438 g/mol. The van der Waals surface area contributed by atoms with Crippen LogP contribution in [0.5, 0.6) is 0 Å². The maximum Gasteiger partial charge on any atom is 0.257 e. The molecule has 0 aromatic heterocycles. The summed E-state index contributed by atoms with van der Waals surface area (Å²) < 4.78 is 0. The molecule has 3 aliphatic rings. The molecule has 0 unspecified atom stereocenters. The number of hydrogen-bond acceptors (Lipinski definition) is 4. The summed E-state index contributed by atoms with van der Waals surface area (Å²) in [5, 5.41) is 0. The van der Waals surface area contributed by atoms with Crippen molar-refractivity contribution in [2.75, 3.05) is 20.1 Å². The van der Waals surface area contributed by atoms with Gasteiger partial charge in [0.25, 0.3) is 5.91 Å². The van der Waals surface area contributed by atoms with Crippen molar-refractivity contribution in [2.45, 2.75) is 76.2 Å². The van der Waals surface area contributed by atoms with E-state index in [0.717, 1.165) is 37.8 Å². The van der Waals surface area contributed by atoms with Crippen LogP contribution in [0.1, 0.15) is 69.8 Å². The summed E-state index contributed by atoms with van der Waals surface area (Å²) in [4.78, 5) is 34.5. The second kappa shape index (κ2) is 10.1. The van der Waals surface area contributed by atoms with Crippen LogP contribution in [0.2, 0.25) is 0 Å². The lowest BCUT2D eigenvalue weighted by Crippen LogP contribution is -2.47. The molecule has 174 valence electrons. The predicted octanol–water partition coefficient (Wildman–Crippen LogP) is 3.74. The molecule has 1 saturated carbocycles. The van der Waals surface area contributed by atoms with E-state index in [-0.39, 0.29) is 17.7 Å². The van der Waals surface area contributed by atoms with Crippen LogP contribution in [0, 0.1) is 11.8 Å². The van der Waals surface area contributed by atoms with Crippen LogP contribution in [0.25, 0.3) is 0 Å². The molecule has 1 saturated heterocycles. The van der Waals surface area contributed by atoms with Gasteiger partial charge in [-0.05, 0) is 49.5 Å². The van der Waals surface area contributed by atoms with Crippen molar-refractivity contribution in [3.8, 4) is 0 Å². The van der Waals surface area contributed by atoms with Gasteiger partial charge in [0.2, 0.25) is 5.91 Å². The Morgan fingerprint density at radius 3 is 2.50 bits per heavy atom. The number of hydrogen-bond donors (Lipinski definition) is 1. The molecule has 2 heterocycles. The van der Waals surface area contributed by atoms with Gasteiger partial charge in [-0.1, -0.05) is 62.4 Å². The molecular formula is C26H38N4O2. The first kappa shape index (κ1) is 22.8. The fraction of sp³-hybridized carbons (Fsp3) is 0.654. The van der Waals surface area contributed by atoms with Gasteiger partial charge in [-0.15, -0.1) is 0 Å². The summed E-state index contributed by atoms with van der Waals surface area (Å²) in [5.41, 5.74) is 6.42. The number of guanidine groups is 1. The molecule has 1 aromatic rings. The molecule has 1 aliphatic carbocycles. The van der Waals surface area contributed by atoms with Gasteiger partial charge in [-0.25, -0.2) is 4.99 Å². The number of carbonyl (C=O) groups is 2. The average Bonchev–Trinajstić information content (AvgIpc) is 3.03. The van der Waals surface area contributed by atoms with Crippen LogP contribution in [-0.4, -0.2) is 53.2 Å². The molecule has 6 heteroatoms. The standard InChI is InChI=1S/C26H38N4O2/c1-29-24(32)26(28-25(29)27,15-14-20-9-4-2-5-10-20)18-22-13-8-16-30(19-22)23(31)17-21-11-6-3-7-12-21/h3,6-7,11-12,20,22H,2,4-5,8-10,13-19H2,1H3,(H2,27,28)/t22-,26+/m1/s1. The molecule has 0 spiro atoms. The summed E-state index contributed by atoms with van der Waals surface area (Å²) in [6, 6.07) is 9.93. The molecule has 0 bridgehead atoms. The van der Waals surface area contributed by atoms with E-state index in [9.17, 15) is 9.59 Å². The van der Waals surface area contributed by atoms with Gasteiger partial charge in [-0.3, -0.25) is 14.5 Å². The Morgan fingerprint density at radius 1 is 1.09 bits per heavy atom. The number of carbonyl (C=O) groups excluding carboxylic acids is 2. The summed E-state index contributed by atoms with van der Waals surface area (Å²) in [6.45, 7) is 1.51. The minimum atomic E-state index is -0.744. The van der Waals surface area contributed by atoms with Crippen LogP contribution in [-0.2, 0) is 16.0 Å². The number of likely N-dealkylation sites (tertiary alicyclic amines) is 1. The molecule has 0 radical (unpaired) electrons. The molecule has 1 aromatic carbocycles. The highest BCUT2D eigenvalue weighted by Gasteiger charge is 2.48. The molecule has 2 atom stereocenters. The van der Waals surface area contributed by atoms with Crippen molar-refractivity contribution >= 4 is 17.8 Å². The molecular weight excluding hydrogens is 400 g/mol. The van der Waals surface area contributed by atoms with Gasteiger partial charge >= 0.3 is 0 Å². The number of rotatable bonds is 7. The predicted molar refractivity (Wildman–Crippen MR) is 127 cm³/mol. The van der Waals surface area contributed by atoms with Crippen molar-refractivity contribution in [3.63, 3.8) is 0 Å². The summed E-state index contributed by atoms with van der Waals surface area (Å²) in [6.07, 6.45) is 11.4. The molecule has 2 amide bonds.